The molecule has 2 N–H and O–H groups in total. The molecule has 0 atom stereocenters. The SMILES string of the molecule is O=S(=O)(NCCc1ccc2c(n1)NCCC2)c1ccc(OC(F)(F)F)cc1. The first kappa shape index (κ1) is 19.4. The lowest BCUT2D eigenvalue weighted by molar-refractivity contribution is -0.274. The first-order chi connectivity index (χ1) is 12.7. The molecule has 0 bridgehead atoms. The highest BCUT2D eigenvalue weighted by atomic mass is 32.2. The molecule has 0 fully saturated rings. The number of halogens is 3. The van der Waals surface area contributed by atoms with Crippen LogP contribution in [0.15, 0.2) is 41.3 Å². The van der Waals surface area contributed by atoms with Gasteiger partial charge in [0.1, 0.15) is 11.6 Å². The van der Waals surface area contributed by atoms with Crippen molar-refractivity contribution in [2.24, 2.45) is 0 Å². The summed E-state index contributed by atoms with van der Waals surface area (Å²) in [7, 11) is -3.84. The summed E-state index contributed by atoms with van der Waals surface area (Å²) in [5.41, 5.74) is 1.89. The number of anilines is 1. The Kier molecular flexibility index (Phi) is 5.56. The number of ether oxygens (including phenoxy) is 1. The van der Waals surface area contributed by atoms with Crippen LogP contribution in [-0.2, 0) is 22.9 Å². The van der Waals surface area contributed by atoms with Crippen molar-refractivity contribution in [2.45, 2.75) is 30.5 Å². The minimum absolute atomic E-state index is 0.120. The number of nitrogens with zero attached hydrogens (tertiary/aromatic N) is 1. The average molecular weight is 401 g/mol. The molecule has 2 aromatic rings. The van der Waals surface area contributed by atoms with E-state index >= 15 is 0 Å². The van der Waals surface area contributed by atoms with E-state index in [1.54, 1.807) is 0 Å². The topological polar surface area (TPSA) is 80.3 Å². The van der Waals surface area contributed by atoms with Crippen LogP contribution in [-0.4, -0.2) is 32.9 Å². The molecular weight excluding hydrogens is 383 g/mol. The van der Waals surface area contributed by atoms with Gasteiger partial charge in [0, 0.05) is 25.2 Å². The zero-order chi connectivity index (χ0) is 19.5. The van der Waals surface area contributed by atoms with Crippen LogP contribution in [0, 0.1) is 0 Å². The molecule has 1 aliphatic heterocycles. The lowest BCUT2D eigenvalue weighted by Gasteiger charge is -2.17. The molecule has 0 radical (unpaired) electrons. The van der Waals surface area contributed by atoms with Crippen molar-refractivity contribution < 1.29 is 26.3 Å². The second kappa shape index (κ2) is 7.73. The molecule has 0 aliphatic carbocycles. The van der Waals surface area contributed by atoms with Crippen LogP contribution < -0.4 is 14.8 Å². The molecule has 0 amide bonds. The normalized spacial score (nSPS) is 14.3. The highest BCUT2D eigenvalue weighted by Crippen LogP contribution is 2.24. The Bertz CT molecular complexity index is 900. The van der Waals surface area contributed by atoms with E-state index in [-0.39, 0.29) is 11.4 Å². The Morgan fingerprint density at radius 3 is 2.59 bits per heavy atom. The van der Waals surface area contributed by atoms with Gasteiger partial charge >= 0.3 is 6.36 Å². The van der Waals surface area contributed by atoms with Gasteiger partial charge in [0.05, 0.1) is 4.90 Å². The minimum atomic E-state index is -4.82. The molecule has 1 aromatic carbocycles. The summed E-state index contributed by atoms with van der Waals surface area (Å²) in [6.07, 6.45) is -2.41. The molecular formula is C17H18F3N3O3S. The third-order valence-electron chi connectivity index (χ3n) is 3.99. The number of alkyl halides is 3. The van der Waals surface area contributed by atoms with Crippen LogP contribution in [0.2, 0.25) is 0 Å². The number of hydrogen-bond acceptors (Lipinski definition) is 5. The van der Waals surface area contributed by atoms with Gasteiger partial charge in [-0.2, -0.15) is 0 Å². The van der Waals surface area contributed by atoms with Gasteiger partial charge < -0.3 is 10.1 Å². The Labute approximate surface area is 154 Å². The minimum Gasteiger partial charge on any atom is -0.406 e. The molecule has 2 heterocycles. The van der Waals surface area contributed by atoms with Gasteiger partial charge in [-0.25, -0.2) is 18.1 Å². The molecule has 3 rings (SSSR count). The van der Waals surface area contributed by atoms with E-state index in [4.69, 9.17) is 0 Å². The summed E-state index contributed by atoms with van der Waals surface area (Å²) in [6.45, 7) is 0.985. The maximum Gasteiger partial charge on any atom is 0.573 e. The molecule has 0 saturated heterocycles. The van der Waals surface area contributed by atoms with Gasteiger partial charge in [0.2, 0.25) is 10.0 Å². The second-order valence-electron chi connectivity index (χ2n) is 6.01. The number of hydrogen-bond donors (Lipinski definition) is 2. The number of sulfonamides is 1. The van der Waals surface area contributed by atoms with Crippen molar-refractivity contribution in [3.63, 3.8) is 0 Å². The number of rotatable bonds is 6. The fraction of sp³-hybridized carbons (Fsp3) is 0.353. The van der Waals surface area contributed by atoms with Crippen LogP contribution in [0.1, 0.15) is 17.7 Å². The molecule has 10 heteroatoms. The number of nitrogens with one attached hydrogen (secondary N) is 2. The largest absolute Gasteiger partial charge is 0.573 e. The van der Waals surface area contributed by atoms with Crippen molar-refractivity contribution in [3.8, 4) is 5.75 Å². The molecule has 6 nitrogen and oxygen atoms in total. The summed E-state index contributed by atoms with van der Waals surface area (Å²) < 4.78 is 67.1. The van der Waals surface area contributed by atoms with E-state index in [0.29, 0.717) is 6.42 Å². The summed E-state index contributed by atoms with van der Waals surface area (Å²) in [5.74, 6) is 0.356. The lowest BCUT2D eigenvalue weighted by atomic mass is 10.1. The van der Waals surface area contributed by atoms with Crippen molar-refractivity contribution in [1.29, 1.82) is 0 Å². The van der Waals surface area contributed by atoms with Crippen LogP contribution in [0.3, 0.4) is 0 Å². The first-order valence-corrected chi connectivity index (χ1v) is 9.79. The molecule has 146 valence electrons. The zero-order valence-corrected chi connectivity index (χ0v) is 15.0. The summed E-state index contributed by atoms with van der Waals surface area (Å²) in [4.78, 5) is 4.34. The van der Waals surface area contributed by atoms with Gasteiger partial charge in [0.15, 0.2) is 0 Å². The van der Waals surface area contributed by atoms with Gasteiger partial charge in [-0.05, 0) is 48.7 Å². The molecule has 1 aliphatic rings. The molecule has 0 saturated carbocycles. The van der Waals surface area contributed by atoms with Crippen LogP contribution in [0.25, 0.3) is 0 Å². The highest BCUT2D eigenvalue weighted by molar-refractivity contribution is 7.89. The molecule has 1 aromatic heterocycles. The second-order valence-corrected chi connectivity index (χ2v) is 7.77. The third-order valence-corrected chi connectivity index (χ3v) is 5.47. The Balaban J connectivity index is 1.58. The van der Waals surface area contributed by atoms with E-state index in [0.717, 1.165) is 60.7 Å². The van der Waals surface area contributed by atoms with E-state index < -0.39 is 22.1 Å². The lowest BCUT2D eigenvalue weighted by Crippen LogP contribution is -2.26. The number of aromatic nitrogens is 1. The maximum atomic E-state index is 12.2. The first-order valence-electron chi connectivity index (χ1n) is 8.31. The fourth-order valence-electron chi connectivity index (χ4n) is 2.73. The zero-order valence-electron chi connectivity index (χ0n) is 14.2. The highest BCUT2D eigenvalue weighted by Gasteiger charge is 2.31. The van der Waals surface area contributed by atoms with Crippen molar-refractivity contribution in [3.05, 3.63) is 47.7 Å². The third kappa shape index (κ3) is 5.33. The van der Waals surface area contributed by atoms with Crippen LogP contribution in [0.4, 0.5) is 19.0 Å². The average Bonchev–Trinajstić information content (AvgIpc) is 2.60. The van der Waals surface area contributed by atoms with Gasteiger partial charge in [-0.1, -0.05) is 6.07 Å². The van der Waals surface area contributed by atoms with Gasteiger partial charge in [0.25, 0.3) is 0 Å². The summed E-state index contributed by atoms with van der Waals surface area (Å²) in [5, 5.41) is 3.22. The summed E-state index contributed by atoms with van der Waals surface area (Å²) in [6, 6.07) is 7.88. The molecule has 0 spiro atoms. The van der Waals surface area contributed by atoms with Crippen molar-refractivity contribution in [2.75, 3.05) is 18.4 Å². The molecule has 27 heavy (non-hydrogen) atoms. The van der Waals surface area contributed by atoms with E-state index in [1.165, 1.54) is 0 Å². The maximum absolute atomic E-state index is 12.2. The Morgan fingerprint density at radius 2 is 1.89 bits per heavy atom. The molecule has 0 unspecified atom stereocenters. The van der Waals surface area contributed by atoms with E-state index in [1.807, 2.05) is 12.1 Å². The van der Waals surface area contributed by atoms with Crippen molar-refractivity contribution >= 4 is 15.8 Å². The predicted molar refractivity (Wildman–Crippen MR) is 93.1 cm³/mol. The number of fused-ring (bicyclic) bond motifs is 1. The van der Waals surface area contributed by atoms with Crippen molar-refractivity contribution in [1.82, 2.24) is 9.71 Å². The smallest absolute Gasteiger partial charge is 0.406 e. The fourth-order valence-corrected chi connectivity index (χ4v) is 3.76. The number of pyridine rings is 1. The number of benzene rings is 1. The summed E-state index contributed by atoms with van der Waals surface area (Å²) >= 11 is 0. The van der Waals surface area contributed by atoms with Crippen LogP contribution >= 0.6 is 0 Å². The van der Waals surface area contributed by atoms with Gasteiger partial charge in [-0.15, -0.1) is 13.2 Å². The Morgan fingerprint density at radius 1 is 1.15 bits per heavy atom. The van der Waals surface area contributed by atoms with E-state index in [2.05, 4.69) is 19.8 Å². The quantitative estimate of drug-likeness (QED) is 0.778. The standard InChI is InChI=1S/C17H18F3N3O3S/c18-17(19,20)26-14-5-7-15(8-6-14)27(24,25)22-11-9-13-4-3-12-2-1-10-21-16(12)23-13/h3-8,22H,1-2,9-11H2,(H,21,23). The van der Waals surface area contributed by atoms with E-state index in [9.17, 15) is 21.6 Å². The monoisotopic (exact) mass is 401 g/mol. The Hall–Kier alpha value is -2.33. The number of aryl methyl sites for hydroxylation is 1. The van der Waals surface area contributed by atoms with Crippen LogP contribution in [0.5, 0.6) is 5.75 Å². The van der Waals surface area contributed by atoms with Gasteiger partial charge in [-0.3, -0.25) is 0 Å². The predicted octanol–water partition coefficient (Wildman–Crippen LogP) is 2.86.